The zero-order valence-electron chi connectivity index (χ0n) is 10.3. The van der Waals surface area contributed by atoms with E-state index in [2.05, 4.69) is 10.3 Å². The number of fused-ring (bicyclic) bond motifs is 1. The Morgan fingerprint density at radius 3 is 2.94 bits per heavy atom. The van der Waals surface area contributed by atoms with E-state index in [0.29, 0.717) is 11.6 Å². The molecule has 0 amide bonds. The van der Waals surface area contributed by atoms with Gasteiger partial charge in [-0.25, -0.2) is 0 Å². The van der Waals surface area contributed by atoms with E-state index in [1.165, 1.54) is 0 Å². The minimum atomic E-state index is -0.821. The Morgan fingerprint density at radius 1 is 1.44 bits per heavy atom. The van der Waals surface area contributed by atoms with Gasteiger partial charge >= 0.3 is 0 Å². The van der Waals surface area contributed by atoms with Gasteiger partial charge in [-0.1, -0.05) is 11.6 Å². The molecule has 2 atom stereocenters. The fraction of sp³-hybridized carbons (Fsp3) is 0.308. The highest BCUT2D eigenvalue weighted by molar-refractivity contribution is 7.84. The SMILES string of the molecule is CC(CNc1ccnc2cc(Cl)ccc12)S(C)=O. The van der Waals surface area contributed by atoms with Crippen LogP contribution in [0.3, 0.4) is 0 Å². The Bertz CT molecular complexity index is 588. The van der Waals surface area contributed by atoms with Crippen LogP contribution in [0.4, 0.5) is 5.69 Å². The molecule has 18 heavy (non-hydrogen) atoms. The van der Waals surface area contributed by atoms with E-state index in [1.807, 2.05) is 31.2 Å². The van der Waals surface area contributed by atoms with Crippen molar-refractivity contribution < 1.29 is 4.21 Å². The first-order valence-corrected chi connectivity index (χ1v) is 7.68. The molecule has 0 aliphatic rings. The number of benzene rings is 1. The van der Waals surface area contributed by atoms with E-state index >= 15 is 0 Å². The van der Waals surface area contributed by atoms with Crippen molar-refractivity contribution in [1.82, 2.24) is 4.98 Å². The Labute approximate surface area is 114 Å². The molecule has 96 valence electrons. The summed E-state index contributed by atoms with van der Waals surface area (Å²) in [6.45, 7) is 2.63. The van der Waals surface area contributed by atoms with Gasteiger partial charge in [-0.05, 0) is 31.2 Å². The number of anilines is 1. The first kappa shape index (κ1) is 13.3. The molecule has 0 radical (unpaired) electrons. The van der Waals surface area contributed by atoms with E-state index in [4.69, 9.17) is 11.6 Å². The van der Waals surface area contributed by atoms with Crippen molar-refractivity contribution in [2.24, 2.45) is 0 Å². The fourth-order valence-corrected chi connectivity index (χ4v) is 2.13. The van der Waals surface area contributed by atoms with Crippen molar-refractivity contribution in [2.75, 3.05) is 18.1 Å². The number of hydrogen-bond donors (Lipinski definition) is 1. The summed E-state index contributed by atoms with van der Waals surface area (Å²) in [6.07, 6.45) is 3.46. The van der Waals surface area contributed by atoms with Crippen molar-refractivity contribution >= 4 is 39.0 Å². The largest absolute Gasteiger partial charge is 0.383 e. The summed E-state index contributed by atoms with van der Waals surface area (Å²) in [5, 5.41) is 5.12. The van der Waals surface area contributed by atoms with Crippen LogP contribution in [0.5, 0.6) is 0 Å². The molecule has 0 aliphatic heterocycles. The fourth-order valence-electron chi connectivity index (χ4n) is 1.65. The third-order valence-electron chi connectivity index (χ3n) is 2.85. The lowest BCUT2D eigenvalue weighted by atomic mass is 10.2. The molecule has 5 heteroatoms. The molecular weight excluding hydrogens is 268 g/mol. The van der Waals surface area contributed by atoms with Gasteiger partial charge in [0.05, 0.1) is 5.52 Å². The molecule has 2 aromatic rings. The van der Waals surface area contributed by atoms with Crippen molar-refractivity contribution in [3.63, 3.8) is 0 Å². The zero-order valence-corrected chi connectivity index (χ0v) is 11.9. The zero-order chi connectivity index (χ0) is 13.1. The van der Waals surface area contributed by atoms with Crippen LogP contribution in [0, 0.1) is 0 Å². The standard InChI is InChI=1S/C13H15ClN2OS/c1-9(18(2)17)8-16-12-5-6-15-13-7-10(14)3-4-11(12)13/h3-7,9H,8H2,1-2H3,(H,15,16). The van der Waals surface area contributed by atoms with Crippen LogP contribution in [0.15, 0.2) is 30.5 Å². The topological polar surface area (TPSA) is 42.0 Å². The van der Waals surface area contributed by atoms with Crippen LogP contribution in [0.25, 0.3) is 10.9 Å². The van der Waals surface area contributed by atoms with E-state index in [1.54, 1.807) is 12.5 Å². The first-order valence-electron chi connectivity index (χ1n) is 5.68. The maximum absolute atomic E-state index is 11.3. The van der Waals surface area contributed by atoms with Gasteiger partial charge in [0.2, 0.25) is 0 Å². The molecule has 0 saturated carbocycles. The molecule has 3 nitrogen and oxygen atoms in total. The first-order chi connectivity index (χ1) is 8.58. The monoisotopic (exact) mass is 282 g/mol. The van der Waals surface area contributed by atoms with Crippen LogP contribution >= 0.6 is 11.6 Å². The molecule has 1 aromatic heterocycles. The minimum absolute atomic E-state index is 0.112. The Balaban J connectivity index is 2.26. The smallest absolute Gasteiger partial charge is 0.0737 e. The highest BCUT2D eigenvalue weighted by atomic mass is 35.5. The Kier molecular flexibility index (Phi) is 4.19. The van der Waals surface area contributed by atoms with Gasteiger partial charge in [0.25, 0.3) is 0 Å². The predicted molar refractivity (Wildman–Crippen MR) is 78.8 cm³/mol. The van der Waals surface area contributed by atoms with Gasteiger partial charge in [-0.2, -0.15) is 0 Å². The van der Waals surface area contributed by atoms with Gasteiger partial charge in [0.15, 0.2) is 0 Å². The van der Waals surface area contributed by atoms with E-state index in [9.17, 15) is 4.21 Å². The van der Waals surface area contributed by atoms with Crippen LogP contribution in [-0.4, -0.2) is 27.2 Å². The third kappa shape index (κ3) is 3.00. The van der Waals surface area contributed by atoms with Crippen LogP contribution in [-0.2, 0) is 10.8 Å². The van der Waals surface area contributed by atoms with Crippen molar-refractivity contribution in [1.29, 1.82) is 0 Å². The number of aromatic nitrogens is 1. The number of hydrogen-bond acceptors (Lipinski definition) is 3. The van der Waals surface area contributed by atoms with Crippen LogP contribution < -0.4 is 5.32 Å². The number of halogens is 1. The molecule has 1 aromatic carbocycles. The molecule has 2 rings (SSSR count). The van der Waals surface area contributed by atoms with Crippen molar-refractivity contribution in [2.45, 2.75) is 12.2 Å². The maximum atomic E-state index is 11.3. The predicted octanol–water partition coefficient (Wildman–Crippen LogP) is 3.07. The molecule has 0 fully saturated rings. The summed E-state index contributed by atoms with van der Waals surface area (Å²) < 4.78 is 11.3. The van der Waals surface area contributed by atoms with E-state index < -0.39 is 10.8 Å². The lowest BCUT2D eigenvalue weighted by Gasteiger charge is -2.13. The summed E-state index contributed by atoms with van der Waals surface area (Å²) in [4.78, 5) is 4.28. The maximum Gasteiger partial charge on any atom is 0.0737 e. The Morgan fingerprint density at radius 2 is 2.22 bits per heavy atom. The van der Waals surface area contributed by atoms with E-state index in [-0.39, 0.29) is 5.25 Å². The molecule has 0 saturated heterocycles. The summed E-state index contributed by atoms with van der Waals surface area (Å²) in [6, 6.07) is 7.55. The third-order valence-corrected chi connectivity index (χ3v) is 4.39. The molecule has 1 heterocycles. The van der Waals surface area contributed by atoms with Gasteiger partial charge < -0.3 is 5.32 Å². The molecule has 1 N–H and O–H groups in total. The van der Waals surface area contributed by atoms with Crippen molar-refractivity contribution in [3.05, 3.63) is 35.5 Å². The van der Waals surface area contributed by atoms with Gasteiger partial charge in [0.1, 0.15) is 0 Å². The van der Waals surface area contributed by atoms with Crippen LogP contribution in [0.2, 0.25) is 5.02 Å². The normalized spacial score (nSPS) is 14.4. The van der Waals surface area contributed by atoms with Gasteiger partial charge in [0, 0.05) is 51.1 Å². The van der Waals surface area contributed by atoms with E-state index in [0.717, 1.165) is 16.6 Å². The summed E-state index contributed by atoms with van der Waals surface area (Å²) >= 11 is 5.94. The molecular formula is C13H15ClN2OS. The second kappa shape index (κ2) is 5.67. The quantitative estimate of drug-likeness (QED) is 0.937. The Hall–Kier alpha value is -1.13. The second-order valence-electron chi connectivity index (χ2n) is 4.21. The summed E-state index contributed by atoms with van der Waals surface area (Å²) in [5.41, 5.74) is 1.85. The number of rotatable bonds is 4. The average molecular weight is 283 g/mol. The summed E-state index contributed by atoms with van der Waals surface area (Å²) in [7, 11) is -0.821. The number of nitrogens with zero attached hydrogens (tertiary/aromatic N) is 1. The molecule has 0 bridgehead atoms. The average Bonchev–Trinajstić information content (AvgIpc) is 2.35. The number of nitrogens with one attached hydrogen (secondary N) is 1. The van der Waals surface area contributed by atoms with Gasteiger partial charge in [-0.15, -0.1) is 0 Å². The number of pyridine rings is 1. The van der Waals surface area contributed by atoms with Crippen LogP contribution in [0.1, 0.15) is 6.92 Å². The highest BCUT2D eigenvalue weighted by Gasteiger charge is 2.07. The lowest BCUT2D eigenvalue weighted by molar-refractivity contribution is 0.679. The molecule has 0 spiro atoms. The summed E-state index contributed by atoms with van der Waals surface area (Å²) in [5.74, 6) is 0. The van der Waals surface area contributed by atoms with Gasteiger partial charge in [-0.3, -0.25) is 9.19 Å². The minimum Gasteiger partial charge on any atom is -0.383 e. The lowest BCUT2D eigenvalue weighted by Crippen LogP contribution is -2.20. The second-order valence-corrected chi connectivity index (χ2v) is 6.45. The molecule has 2 unspecified atom stereocenters. The highest BCUT2D eigenvalue weighted by Crippen LogP contribution is 2.24. The van der Waals surface area contributed by atoms with Crippen molar-refractivity contribution in [3.8, 4) is 0 Å². The molecule has 0 aliphatic carbocycles.